The van der Waals surface area contributed by atoms with E-state index < -0.39 is 17.2 Å². The molecular weight excluding hydrogens is 343 g/mol. The fourth-order valence-electron chi connectivity index (χ4n) is 2.19. The van der Waals surface area contributed by atoms with E-state index in [0.29, 0.717) is 22.7 Å². The number of hydrogen-bond acceptors (Lipinski definition) is 2. The molecule has 0 unspecified atom stereocenters. The van der Waals surface area contributed by atoms with Crippen LogP contribution in [0.1, 0.15) is 19.4 Å². The molecule has 0 fully saturated rings. The van der Waals surface area contributed by atoms with Crippen LogP contribution in [0, 0.1) is 11.2 Å². The molecule has 6 heteroatoms. The molecular formula is C19H20ClFN2O2. The van der Waals surface area contributed by atoms with Gasteiger partial charge in [-0.2, -0.15) is 0 Å². The highest BCUT2D eigenvalue weighted by atomic mass is 35.5. The zero-order valence-electron chi connectivity index (χ0n) is 14.1. The first-order valence-corrected chi connectivity index (χ1v) is 8.27. The number of amides is 2. The van der Waals surface area contributed by atoms with Crippen molar-refractivity contribution in [3.05, 3.63) is 64.9 Å². The Kier molecular flexibility index (Phi) is 6.15. The quantitative estimate of drug-likeness (QED) is 0.768. The summed E-state index contributed by atoms with van der Waals surface area (Å²) >= 11 is 5.88. The van der Waals surface area contributed by atoms with Crippen molar-refractivity contribution in [2.75, 3.05) is 11.9 Å². The molecule has 2 rings (SSSR count). The van der Waals surface area contributed by atoms with Crippen molar-refractivity contribution < 1.29 is 14.0 Å². The van der Waals surface area contributed by atoms with E-state index in [9.17, 15) is 14.0 Å². The Morgan fingerprint density at radius 1 is 1.08 bits per heavy atom. The van der Waals surface area contributed by atoms with Crippen LogP contribution < -0.4 is 10.6 Å². The standard InChI is InChI=1S/C19H20ClFN2O2/c1-19(2,18(25)23-15-8-5-7-14(20)12-15)17(24)22-11-10-13-6-3-4-9-16(13)21/h3-9,12H,10-11H2,1-2H3,(H,22,24)(H,23,25). The molecule has 2 aromatic rings. The predicted octanol–water partition coefficient (Wildman–Crippen LogP) is 3.80. The molecule has 0 saturated heterocycles. The van der Waals surface area contributed by atoms with Gasteiger partial charge >= 0.3 is 0 Å². The van der Waals surface area contributed by atoms with E-state index in [1.807, 2.05) is 0 Å². The van der Waals surface area contributed by atoms with Crippen LogP contribution in [-0.4, -0.2) is 18.4 Å². The molecule has 25 heavy (non-hydrogen) atoms. The molecule has 2 amide bonds. The van der Waals surface area contributed by atoms with Crippen LogP contribution in [0.4, 0.5) is 10.1 Å². The van der Waals surface area contributed by atoms with Gasteiger partial charge in [0.25, 0.3) is 0 Å². The third kappa shape index (κ3) is 5.03. The summed E-state index contributed by atoms with van der Waals surface area (Å²) in [6, 6.07) is 13.1. The van der Waals surface area contributed by atoms with Crippen molar-refractivity contribution >= 4 is 29.1 Å². The molecule has 2 aromatic carbocycles. The smallest absolute Gasteiger partial charge is 0.239 e. The van der Waals surface area contributed by atoms with E-state index in [2.05, 4.69) is 10.6 Å². The number of anilines is 1. The molecule has 0 spiro atoms. The maximum atomic E-state index is 13.6. The number of rotatable bonds is 6. The van der Waals surface area contributed by atoms with E-state index in [-0.39, 0.29) is 12.4 Å². The normalized spacial score (nSPS) is 11.0. The van der Waals surface area contributed by atoms with E-state index in [4.69, 9.17) is 11.6 Å². The number of hydrogen-bond donors (Lipinski definition) is 2. The maximum absolute atomic E-state index is 13.6. The molecule has 0 heterocycles. The van der Waals surface area contributed by atoms with Crippen molar-refractivity contribution in [1.82, 2.24) is 5.32 Å². The van der Waals surface area contributed by atoms with E-state index in [0.717, 1.165) is 0 Å². The Bertz CT molecular complexity index is 778. The van der Waals surface area contributed by atoms with Gasteiger partial charge in [0, 0.05) is 17.3 Å². The van der Waals surface area contributed by atoms with Gasteiger partial charge in [-0.15, -0.1) is 0 Å². The topological polar surface area (TPSA) is 58.2 Å². The Morgan fingerprint density at radius 2 is 1.80 bits per heavy atom. The number of carbonyl (C=O) groups is 2. The highest BCUT2D eigenvalue weighted by Crippen LogP contribution is 2.21. The average Bonchev–Trinajstić information content (AvgIpc) is 2.56. The molecule has 0 radical (unpaired) electrons. The molecule has 0 bridgehead atoms. The minimum atomic E-state index is -1.28. The lowest BCUT2D eigenvalue weighted by atomic mass is 9.91. The number of halogens is 2. The van der Waals surface area contributed by atoms with E-state index in [1.54, 1.807) is 42.5 Å². The van der Waals surface area contributed by atoms with Crippen LogP contribution in [0.3, 0.4) is 0 Å². The Labute approximate surface area is 151 Å². The summed E-state index contributed by atoms with van der Waals surface area (Å²) in [5.41, 5.74) is -0.244. The number of benzene rings is 2. The van der Waals surface area contributed by atoms with E-state index in [1.165, 1.54) is 19.9 Å². The van der Waals surface area contributed by atoms with Gasteiger partial charge in [0.15, 0.2) is 0 Å². The number of carbonyl (C=O) groups excluding carboxylic acids is 2. The molecule has 0 aromatic heterocycles. The van der Waals surface area contributed by atoms with Gasteiger partial charge in [-0.25, -0.2) is 4.39 Å². The van der Waals surface area contributed by atoms with Gasteiger partial charge < -0.3 is 10.6 Å². The molecule has 4 nitrogen and oxygen atoms in total. The van der Waals surface area contributed by atoms with Gasteiger partial charge in [0.05, 0.1) is 0 Å². The molecule has 0 aliphatic carbocycles. The van der Waals surface area contributed by atoms with Gasteiger partial charge in [-0.05, 0) is 50.1 Å². The Hall–Kier alpha value is -2.40. The molecule has 0 atom stereocenters. The van der Waals surface area contributed by atoms with Crippen LogP contribution in [0.25, 0.3) is 0 Å². The number of nitrogens with one attached hydrogen (secondary N) is 2. The lowest BCUT2D eigenvalue weighted by Crippen LogP contribution is -2.45. The third-order valence-electron chi connectivity index (χ3n) is 3.86. The average molecular weight is 363 g/mol. The predicted molar refractivity (Wildman–Crippen MR) is 97.0 cm³/mol. The summed E-state index contributed by atoms with van der Waals surface area (Å²) in [6.07, 6.45) is 0.352. The first-order chi connectivity index (χ1) is 11.8. The second kappa shape index (κ2) is 8.12. The van der Waals surface area contributed by atoms with Gasteiger partial charge in [-0.3, -0.25) is 9.59 Å². The molecule has 132 valence electrons. The SMILES string of the molecule is CC(C)(C(=O)NCCc1ccccc1F)C(=O)Nc1cccc(Cl)c1. The summed E-state index contributed by atoms with van der Waals surface area (Å²) in [6.45, 7) is 3.31. The molecule has 2 N–H and O–H groups in total. The fourth-order valence-corrected chi connectivity index (χ4v) is 2.38. The van der Waals surface area contributed by atoms with Crippen molar-refractivity contribution in [3.8, 4) is 0 Å². The lowest BCUT2D eigenvalue weighted by Gasteiger charge is -2.22. The van der Waals surface area contributed by atoms with Gasteiger partial charge in [-0.1, -0.05) is 35.9 Å². The minimum Gasteiger partial charge on any atom is -0.355 e. The molecule has 0 aliphatic heterocycles. The zero-order chi connectivity index (χ0) is 18.4. The second-order valence-corrected chi connectivity index (χ2v) is 6.62. The summed E-state index contributed by atoms with van der Waals surface area (Å²) in [5, 5.41) is 5.85. The Balaban J connectivity index is 1.92. The van der Waals surface area contributed by atoms with Crippen molar-refractivity contribution in [2.24, 2.45) is 5.41 Å². The zero-order valence-corrected chi connectivity index (χ0v) is 14.9. The summed E-state index contributed by atoms with van der Waals surface area (Å²) in [4.78, 5) is 24.7. The van der Waals surface area contributed by atoms with Crippen LogP contribution in [0.15, 0.2) is 48.5 Å². The summed E-state index contributed by atoms with van der Waals surface area (Å²) in [5.74, 6) is -1.18. The maximum Gasteiger partial charge on any atom is 0.239 e. The molecule has 0 saturated carbocycles. The van der Waals surface area contributed by atoms with Crippen molar-refractivity contribution in [2.45, 2.75) is 20.3 Å². The Morgan fingerprint density at radius 3 is 2.48 bits per heavy atom. The van der Waals surface area contributed by atoms with Gasteiger partial charge in [0.1, 0.15) is 11.2 Å². The highest BCUT2D eigenvalue weighted by molar-refractivity contribution is 6.31. The lowest BCUT2D eigenvalue weighted by molar-refractivity contribution is -0.138. The minimum absolute atomic E-state index is 0.244. The first kappa shape index (κ1) is 18.9. The first-order valence-electron chi connectivity index (χ1n) is 7.89. The van der Waals surface area contributed by atoms with Crippen LogP contribution in [0.5, 0.6) is 0 Å². The van der Waals surface area contributed by atoms with Crippen LogP contribution >= 0.6 is 11.6 Å². The van der Waals surface area contributed by atoms with Crippen molar-refractivity contribution in [1.29, 1.82) is 0 Å². The van der Waals surface area contributed by atoms with Crippen molar-refractivity contribution in [3.63, 3.8) is 0 Å². The monoisotopic (exact) mass is 362 g/mol. The van der Waals surface area contributed by atoms with Gasteiger partial charge in [0.2, 0.25) is 11.8 Å². The van der Waals surface area contributed by atoms with Crippen LogP contribution in [0.2, 0.25) is 5.02 Å². The molecule has 0 aliphatic rings. The highest BCUT2D eigenvalue weighted by Gasteiger charge is 2.35. The summed E-state index contributed by atoms with van der Waals surface area (Å²) in [7, 11) is 0. The summed E-state index contributed by atoms with van der Waals surface area (Å²) < 4.78 is 13.6. The van der Waals surface area contributed by atoms with E-state index >= 15 is 0 Å². The third-order valence-corrected chi connectivity index (χ3v) is 4.09. The van der Waals surface area contributed by atoms with Crippen LogP contribution in [-0.2, 0) is 16.0 Å². The fraction of sp³-hybridized carbons (Fsp3) is 0.263. The largest absolute Gasteiger partial charge is 0.355 e. The second-order valence-electron chi connectivity index (χ2n) is 6.19.